The summed E-state index contributed by atoms with van der Waals surface area (Å²) in [5.41, 5.74) is 1.77. The molecule has 2 nitrogen and oxygen atoms in total. The Morgan fingerprint density at radius 3 is 2.70 bits per heavy atom. The molecule has 20 heavy (non-hydrogen) atoms. The fourth-order valence-electron chi connectivity index (χ4n) is 1.65. The quantitative estimate of drug-likeness (QED) is 0.591. The molecular formula is C16H12Cl2O2. The molecule has 102 valence electrons. The van der Waals surface area contributed by atoms with Gasteiger partial charge < -0.3 is 4.74 Å². The van der Waals surface area contributed by atoms with Crippen molar-refractivity contribution < 1.29 is 9.53 Å². The van der Waals surface area contributed by atoms with Crippen LogP contribution in [0.25, 0.3) is 6.08 Å². The summed E-state index contributed by atoms with van der Waals surface area (Å²) in [6.45, 7) is 0.390. The summed E-state index contributed by atoms with van der Waals surface area (Å²) in [6.07, 6.45) is 2.94. The summed E-state index contributed by atoms with van der Waals surface area (Å²) in [6, 6.07) is 14.9. The highest BCUT2D eigenvalue weighted by atomic mass is 35.5. The van der Waals surface area contributed by atoms with E-state index in [9.17, 15) is 4.79 Å². The monoisotopic (exact) mass is 306 g/mol. The maximum absolute atomic E-state index is 10.7. The maximum Gasteiger partial charge on any atom is 0.245 e. The Labute approximate surface area is 127 Å². The third-order valence-electron chi connectivity index (χ3n) is 2.62. The topological polar surface area (TPSA) is 26.3 Å². The number of carbonyl (C=O) groups excluding carboxylic acids is 1. The van der Waals surface area contributed by atoms with Crippen LogP contribution in [-0.2, 0) is 11.4 Å². The van der Waals surface area contributed by atoms with E-state index in [1.165, 1.54) is 6.08 Å². The lowest BCUT2D eigenvalue weighted by molar-refractivity contribution is -0.107. The maximum atomic E-state index is 10.7. The molecule has 0 unspecified atom stereocenters. The molecule has 0 aromatic heterocycles. The van der Waals surface area contributed by atoms with Gasteiger partial charge in [0.25, 0.3) is 0 Å². The molecule has 0 aliphatic rings. The van der Waals surface area contributed by atoms with Gasteiger partial charge >= 0.3 is 0 Å². The first kappa shape index (κ1) is 14.6. The van der Waals surface area contributed by atoms with Crippen molar-refractivity contribution in [3.63, 3.8) is 0 Å². The van der Waals surface area contributed by atoms with Gasteiger partial charge in [-0.3, -0.25) is 4.79 Å². The van der Waals surface area contributed by atoms with Crippen LogP contribution in [0.1, 0.15) is 11.1 Å². The fourth-order valence-corrected chi connectivity index (χ4v) is 1.90. The average molecular weight is 307 g/mol. The lowest BCUT2D eigenvalue weighted by atomic mass is 10.2. The normalized spacial score (nSPS) is 10.7. The lowest BCUT2D eigenvalue weighted by Gasteiger charge is -2.08. The standard InChI is InChI=1S/C16H12Cl2O2/c17-15-7-2-1-5-13(15)11-20-14-6-3-4-12(10-14)8-9-16(18)19/h1-10H,11H2/b9-8+. The summed E-state index contributed by atoms with van der Waals surface area (Å²) < 4.78 is 5.68. The average Bonchev–Trinajstić information content (AvgIpc) is 2.45. The third kappa shape index (κ3) is 4.41. The predicted molar refractivity (Wildman–Crippen MR) is 82.1 cm³/mol. The first-order valence-corrected chi connectivity index (χ1v) is 6.74. The highest BCUT2D eigenvalue weighted by Gasteiger charge is 2.00. The molecule has 4 heteroatoms. The minimum absolute atomic E-state index is 0.390. The van der Waals surface area contributed by atoms with E-state index in [0.29, 0.717) is 17.4 Å². The zero-order valence-electron chi connectivity index (χ0n) is 10.6. The van der Waals surface area contributed by atoms with Crippen LogP contribution < -0.4 is 4.74 Å². The summed E-state index contributed by atoms with van der Waals surface area (Å²) in [5, 5.41) is 0.170. The summed E-state index contributed by atoms with van der Waals surface area (Å²) in [4.78, 5) is 10.7. The van der Waals surface area contributed by atoms with Crippen molar-refractivity contribution in [2.45, 2.75) is 6.61 Å². The number of ether oxygens (including phenoxy) is 1. The Morgan fingerprint density at radius 2 is 1.95 bits per heavy atom. The first-order chi connectivity index (χ1) is 9.65. The number of rotatable bonds is 5. The van der Waals surface area contributed by atoms with E-state index in [-0.39, 0.29) is 0 Å². The van der Waals surface area contributed by atoms with Crippen molar-refractivity contribution in [2.24, 2.45) is 0 Å². The van der Waals surface area contributed by atoms with E-state index in [2.05, 4.69) is 0 Å². The highest BCUT2D eigenvalue weighted by molar-refractivity contribution is 6.66. The van der Waals surface area contributed by atoms with Crippen molar-refractivity contribution in [1.82, 2.24) is 0 Å². The fraction of sp³-hybridized carbons (Fsp3) is 0.0625. The zero-order valence-corrected chi connectivity index (χ0v) is 12.1. The van der Waals surface area contributed by atoms with Crippen LogP contribution in [-0.4, -0.2) is 5.24 Å². The van der Waals surface area contributed by atoms with Crippen LogP contribution in [0.5, 0.6) is 5.75 Å². The van der Waals surface area contributed by atoms with E-state index >= 15 is 0 Å². The lowest BCUT2D eigenvalue weighted by Crippen LogP contribution is -1.96. The number of hydrogen-bond acceptors (Lipinski definition) is 2. The number of carbonyl (C=O) groups is 1. The Hall–Kier alpha value is -1.77. The van der Waals surface area contributed by atoms with E-state index in [1.807, 2.05) is 48.5 Å². The molecule has 2 rings (SSSR count). The van der Waals surface area contributed by atoms with Gasteiger partial charge in [0.05, 0.1) is 0 Å². The molecule has 0 atom stereocenters. The van der Waals surface area contributed by atoms with E-state index in [4.69, 9.17) is 27.9 Å². The van der Waals surface area contributed by atoms with Crippen LogP contribution in [0.3, 0.4) is 0 Å². The third-order valence-corrected chi connectivity index (χ3v) is 3.11. The molecule has 0 fully saturated rings. The molecule has 0 aliphatic heterocycles. The second kappa shape index (κ2) is 7.13. The number of benzene rings is 2. The van der Waals surface area contributed by atoms with Crippen molar-refractivity contribution in [2.75, 3.05) is 0 Å². The van der Waals surface area contributed by atoms with E-state index in [0.717, 1.165) is 11.1 Å². The minimum atomic E-state index is -0.507. The van der Waals surface area contributed by atoms with Crippen molar-refractivity contribution in [1.29, 1.82) is 0 Å². The minimum Gasteiger partial charge on any atom is -0.489 e. The van der Waals surface area contributed by atoms with Gasteiger partial charge in [0.2, 0.25) is 5.24 Å². The van der Waals surface area contributed by atoms with Crippen molar-refractivity contribution >= 4 is 34.5 Å². The van der Waals surface area contributed by atoms with E-state index < -0.39 is 5.24 Å². The Balaban J connectivity index is 2.05. The zero-order chi connectivity index (χ0) is 14.4. The van der Waals surface area contributed by atoms with Gasteiger partial charge in [-0.15, -0.1) is 0 Å². The molecular weight excluding hydrogens is 295 g/mol. The molecule has 2 aromatic carbocycles. The summed E-state index contributed by atoms with van der Waals surface area (Å²) in [5.74, 6) is 0.703. The summed E-state index contributed by atoms with van der Waals surface area (Å²) in [7, 11) is 0. The molecule has 0 aliphatic carbocycles. The molecule has 0 bridgehead atoms. The number of halogens is 2. The van der Waals surface area contributed by atoms with Crippen LogP contribution in [0.15, 0.2) is 54.6 Å². The van der Waals surface area contributed by atoms with Crippen molar-refractivity contribution in [3.8, 4) is 5.75 Å². The first-order valence-electron chi connectivity index (χ1n) is 5.99. The van der Waals surface area contributed by atoms with Gasteiger partial charge in [-0.05, 0) is 41.4 Å². The second-order valence-electron chi connectivity index (χ2n) is 4.09. The van der Waals surface area contributed by atoms with Crippen LogP contribution in [0, 0.1) is 0 Å². The molecule has 0 radical (unpaired) electrons. The molecule has 0 spiro atoms. The highest BCUT2D eigenvalue weighted by Crippen LogP contribution is 2.19. The van der Waals surface area contributed by atoms with Gasteiger partial charge in [-0.1, -0.05) is 48.0 Å². The Kier molecular flexibility index (Phi) is 5.22. The second-order valence-corrected chi connectivity index (χ2v) is 4.87. The molecule has 0 saturated carbocycles. The SMILES string of the molecule is O=C(Cl)/C=C/c1cccc(OCc2ccccc2Cl)c1. The number of hydrogen-bond donors (Lipinski definition) is 0. The van der Waals surface area contributed by atoms with Crippen LogP contribution in [0.2, 0.25) is 5.02 Å². The molecule has 2 aromatic rings. The van der Waals surface area contributed by atoms with Gasteiger partial charge in [-0.25, -0.2) is 0 Å². The molecule has 0 amide bonds. The predicted octanol–water partition coefficient (Wildman–Crippen LogP) is 4.70. The Bertz CT molecular complexity index is 636. The van der Waals surface area contributed by atoms with Gasteiger partial charge in [0.15, 0.2) is 0 Å². The van der Waals surface area contributed by atoms with Gasteiger partial charge in [-0.2, -0.15) is 0 Å². The largest absolute Gasteiger partial charge is 0.489 e. The Morgan fingerprint density at radius 1 is 1.15 bits per heavy atom. The molecule has 0 N–H and O–H groups in total. The smallest absolute Gasteiger partial charge is 0.245 e. The van der Waals surface area contributed by atoms with Gasteiger partial charge in [0.1, 0.15) is 12.4 Å². The van der Waals surface area contributed by atoms with Crippen LogP contribution >= 0.6 is 23.2 Å². The molecule has 0 saturated heterocycles. The molecule has 0 heterocycles. The number of allylic oxidation sites excluding steroid dienone is 1. The van der Waals surface area contributed by atoms with Crippen LogP contribution in [0.4, 0.5) is 0 Å². The van der Waals surface area contributed by atoms with Crippen molar-refractivity contribution in [3.05, 3.63) is 70.8 Å². The van der Waals surface area contributed by atoms with Gasteiger partial charge in [0, 0.05) is 10.6 Å². The summed E-state index contributed by atoms with van der Waals surface area (Å²) >= 11 is 11.3. The van der Waals surface area contributed by atoms with E-state index in [1.54, 1.807) is 6.08 Å².